The van der Waals surface area contributed by atoms with Crippen LogP contribution in [0.4, 0.5) is 0 Å². The van der Waals surface area contributed by atoms with E-state index in [0.717, 1.165) is 12.7 Å². The van der Waals surface area contributed by atoms with Gasteiger partial charge in [0.25, 0.3) is 0 Å². The molecule has 2 aromatic carbocycles. The molecule has 0 saturated carbocycles. The van der Waals surface area contributed by atoms with E-state index >= 15 is 0 Å². The van der Waals surface area contributed by atoms with Gasteiger partial charge in [-0.2, -0.15) is 4.99 Å². The van der Waals surface area contributed by atoms with Gasteiger partial charge in [0, 0.05) is 0 Å². The predicted octanol–water partition coefficient (Wildman–Crippen LogP) is 2.07. The topological polar surface area (TPSA) is 127 Å². The molecule has 0 amide bonds. The van der Waals surface area contributed by atoms with Gasteiger partial charge in [-0.3, -0.25) is 0 Å². The van der Waals surface area contributed by atoms with Gasteiger partial charge < -0.3 is 24.7 Å². The molecule has 9 nitrogen and oxygen atoms in total. The third-order valence-corrected chi connectivity index (χ3v) is 8.01. The number of carbonyl (C=O) groups is 1. The Morgan fingerprint density at radius 2 is 1.61 bits per heavy atom. The zero-order valence-electron chi connectivity index (χ0n) is 18.8. The van der Waals surface area contributed by atoms with E-state index in [2.05, 4.69) is 4.99 Å². The number of aliphatic imine (C=N–C) groups is 1. The van der Waals surface area contributed by atoms with Crippen molar-refractivity contribution in [2.45, 2.75) is 16.1 Å². The Bertz CT molecular complexity index is 1180. The number of carbonyl (C=O) groups excluding carboxylic acids is 1. The minimum Gasteiger partial charge on any atom is -0.497 e. The number of hydrogen-bond acceptors (Lipinski definition) is 9. The van der Waals surface area contributed by atoms with Gasteiger partial charge in [-0.25, -0.2) is 13.2 Å². The quantitative estimate of drug-likeness (QED) is 0.605. The SMILES string of the molecule is COC(=O)C1(S(=O)(=O)c2ccc(OC)cc2)C(N)=C(OC)N=C(OC)C1Cc1ccccc1. The van der Waals surface area contributed by atoms with E-state index in [1.165, 1.54) is 45.6 Å². The highest BCUT2D eigenvalue weighted by Gasteiger charge is 2.65. The van der Waals surface area contributed by atoms with E-state index in [1.807, 2.05) is 6.07 Å². The van der Waals surface area contributed by atoms with Gasteiger partial charge in [-0.05, 0) is 36.2 Å². The summed E-state index contributed by atoms with van der Waals surface area (Å²) in [4.78, 5) is 17.6. The molecule has 0 fully saturated rings. The smallest absolute Gasteiger partial charge is 0.334 e. The van der Waals surface area contributed by atoms with Crippen LogP contribution in [0.25, 0.3) is 0 Å². The molecule has 0 saturated heterocycles. The molecule has 10 heteroatoms. The summed E-state index contributed by atoms with van der Waals surface area (Å²) in [6.45, 7) is 0. The number of sulfone groups is 1. The highest BCUT2D eigenvalue weighted by atomic mass is 32.2. The summed E-state index contributed by atoms with van der Waals surface area (Å²) in [6, 6.07) is 14.7. The molecule has 0 spiro atoms. The molecular formula is C23H26N2O7S. The minimum atomic E-state index is -4.52. The van der Waals surface area contributed by atoms with E-state index in [9.17, 15) is 13.2 Å². The molecule has 0 aliphatic carbocycles. The zero-order chi connectivity index (χ0) is 24.2. The van der Waals surface area contributed by atoms with Gasteiger partial charge in [-0.1, -0.05) is 30.3 Å². The molecule has 2 aromatic rings. The van der Waals surface area contributed by atoms with E-state index in [-0.39, 0.29) is 28.8 Å². The van der Waals surface area contributed by atoms with Gasteiger partial charge in [0.2, 0.25) is 20.5 Å². The first-order valence-electron chi connectivity index (χ1n) is 9.95. The Hall–Kier alpha value is -3.53. The zero-order valence-corrected chi connectivity index (χ0v) is 19.6. The van der Waals surface area contributed by atoms with E-state index in [0.29, 0.717) is 5.75 Å². The molecular weight excluding hydrogens is 448 g/mol. The highest BCUT2D eigenvalue weighted by molar-refractivity contribution is 7.94. The number of ether oxygens (including phenoxy) is 4. The molecule has 2 atom stereocenters. The summed E-state index contributed by atoms with van der Waals surface area (Å²) in [5, 5.41) is 0. The lowest BCUT2D eigenvalue weighted by atomic mass is 9.81. The standard InChI is InChI=1S/C23H26N2O7S/c1-29-16-10-12-17(13-11-16)33(27,28)23(22(26)32-4)18(14-15-8-6-5-7-9-15)20(30-2)25-21(31-3)19(23)24/h5-13,18H,14,24H2,1-4H3. The number of nitrogens with two attached hydrogens (primary N) is 1. The van der Waals surface area contributed by atoms with Gasteiger partial charge in [-0.15, -0.1) is 0 Å². The Labute approximate surface area is 192 Å². The molecule has 0 bridgehead atoms. The normalized spacial score (nSPS) is 20.6. The predicted molar refractivity (Wildman–Crippen MR) is 121 cm³/mol. The molecule has 176 valence electrons. The lowest BCUT2D eigenvalue weighted by molar-refractivity contribution is -0.143. The van der Waals surface area contributed by atoms with Crippen LogP contribution in [0.5, 0.6) is 5.75 Å². The first kappa shape index (κ1) is 24.1. The summed E-state index contributed by atoms with van der Waals surface area (Å²) in [7, 11) is 0.663. The van der Waals surface area contributed by atoms with Crippen LogP contribution in [-0.2, 0) is 35.3 Å². The van der Waals surface area contributed by atoms with Crippen molar-refractivity contribution >= 4 is 21.7 Å². The first-order valence-corrected chi connectivity index (χ1v) is 11.4. The van der Waals surface area contributed by atoms with Crippen molar-refractivity contribution in [1.82, 2.24) is 0 Å². The van der Waals surface area contributed by atoms with Gasteiger partial charge in [0.15, 0.2) is 5.90 Å². The van der Waals surface area contributed by atoms with Crippen LogP contribution >= 0.6 is 0 Å². The molecule has 1 aliphatic rings. The molecule has 1 aliphatic heterocycles. The maximum atomic E-state index is 14.2. The average Bonchev–Trinajstić information content (AvgIpc) is 2.84. The van der Waals surface area contributed by atoms with Gasteiger partial charge >= 0.3 is 5.97 Å². The molecule has 3 rings (SSSR count). The van der Waals surface area contributed by atoms with Gasteiger partial charge in [0.1, 0.15) is 11.4 Å². The number of hydrogen-bond donors (Lipinski definition) is 1. The monoisotopic (exact) mass is 474 g/mol. The van der Waals surface area contributed by atoms with Crippen LogP contribution in [0.1, 0.15) is 5.56 Å². The Morgan fingerprint density at radius 3 is 2.12 bits per heavy atom. The third-order valence-electron chi connectivity index (χ3n) is 5.60. The average molecular weight is 475 g/mol. The number of nitrogens with zero attached hydrogens (tertiary/aromatic N) is 1. The van der Waals surface area contributed by atoms with Gasteiger partial charge in [0.05, 0.1) is 39.3 Å². The van der Waals surface area contributed by atoms with E-state index < -0.39 is 26.5 Å². The number of esters is 1. The van der Waals surface area contributed by atoms with Crippen molar-refractivity contribution in [3.8, 4) is 5.75 Å². The second kappa shape index (κ2) is 9.53. The molecule has 0 radical (unpaired) electrons. The van der Waals surface area contributed by atoms with Crippen LogP contribution in [-0.4, -0.2) is 53.5 Å². The minimum absolute atomic E-state index is 0.0209. The second-order valence-electron chi connectivity index (χ2n) is 7.23. The summed E-state index contributed by atoms with van der Waals surface area (Å²) < 4.78 is 46.9. The highest BCUT2D eigenvalue weighted by Crippen LogP contribution is 2.45. The van der Waals surface area contributed by atoms with E-state index in [4.69, 9.17) is 24.7 Å². The third kappa shape index (κ3) is 3.91. The molecule has 0 aromatic heterocycles. The largest absolute Gasteiger partial charge is 0.497 e. The maximum absolute atomic E-state index is 14.2. The van der Waals surface area contributed by atoms with Crippen LogP contribution in [0.3, 0.4) is 0 Å². The van der Waals surface area contributed by atoms with Crippen molar-refractivity contribution in [2.24, 2.45) is 16.6 Å². The van der Waals surface area contributed by atoms with Crippen molar-refractivity contribution in [3.63, 3.8) is 0 Å². The summed E-state index contributed by atoms with van der Waals surface area (Å²) in [5.41, 5.74) is 6.74. The fraction of sp³-hybridized carbons (Fsp3) is 0.304. The number of rotatable bonds is 7. The summed E-state index contributed by atoms with van der Waals surface area (Å²) in [6.07, 6.45) is 0.0791. The fourth-order valence-electron chi connectivity index (χ4n) is 3.97. The number of methoxy groups -OCH3 is 4. The fourth-order valence-corrected chi connectivity index (χ4v) is 6.07. The van der Waals surface area contributed by atoms with Crippen LogP contribution in [0, 0.1) is 5.92 Å². The van der Waals surface area contributed by atoms with Crippen molar-refractivity contribution < 1.29 is 32.2 Å². The van der Waals surface area contributed by atoms with E-state index in [1.54, 1.807) is 24.3 Å². The van der Waals surface area contributed by atoms with Crippen LogP contribution < -0.4 is 10.5 Å². The maximum Gasteiger partial charge on any atom is 0.334 e. The van der Waals surface area contributed by atoms with Crippen LogP contribution in [0.15, 0.2) is 76.1 Å². The Kier molecular flexibility index (Phi) is 6.97. The van der Waals surface area contributed by atoms with Crippen LogP contribution in [0.2, 0.25) is 0 Å². The Morgan fingerprint density at radius 1 is 0.970 bits per heavy atom. The lowest BCUT2D eigenvalue weighted by Gasteiger charge is -2.40. The van der Waals surface area contributed by atoms with Crippen molar-refractivity contribution in [3.05, 3.63) is 71.7 Å². The molecule has 2 unspecified atom stereocenters. The van der Waals surface area contributed by atoms with Crippen molar-refractivity contribution in [1.29, 1.82) is 0 Å². The molecule has 33 heavy (non-hydrogen) atoms. The summed E-state index contributed by atoms with van der Waals surface area (Å²) >= 11 is 0. The lowest BCUT2D eigenvalue weighted by Crippen LogP contribution is -2.61. The Balaban J connectivity index is 2.36. The molecule has 2 N–H and O–H groups in total. The molecule has 1 heterocycles. The first-order chi connectivity index (χ1) is 15.8. The van der Waals surface area contributed by atoms with Crippen molar-refractivity contribution in [2.75, 3.05) is 28.4 Å². The number of benzene rings is 2. The second-order valence-corrected chi connectivity index (χ2v) is 9.35. The summed E-state index contributed by atoms with van der Waals surface area (Å²) in [5.74, 6) is -2.02.